The minimum absolute atomic E-state index is 0.149. The maximum atomic E-state index is 10.7. The van der Waals surface area contributed by atoms with Crippen LogP contribution in [0.1, 0.15) is 28.7 Å². The Morgan fingerprint density at radius 2 is 1.86 bits per heavy atom. The summed E-state index contributed by atoms with van der Waals surface area (Å²) < 4.78 is 6.11. The zero-order valence-electron chi connectivity index (χ0n) is 12.2. The van der Waals surface area contributed by atoms with E-state index in [9.17, 15) is 5.11 Å². The standard InChI is InChI=1S/C17H20BrNO2/c1-11-3-6-13(18)9-15(11)17(20)16(10-19)12-4-7-14(21-2)8-5-12/h3-9,16-17,20H,10,19H2,1-2H3. The van der Waals surface area contributed by atoms with Crippen molar-refractivity contribution in [3.63, 3.8) is 0 Å². The summed E-state index contributed by atoms with van der Waals surface area (Å²) >= 11 is 3.45. The number of hydrogen-bond donors (Lipinski definition) is 2. The van der Waals surface area contributed by atoms with Crippen molar-refractivity contribution in [3.8, 4) is 5.75 Å². The normalized spacial score (nSPS) is 13.8. The van der Waals surface area contributed by atoms with Gasteiger partial charge in [-0.1, -0.05) is 34.1 Å². The van der Waals surface area contributed by atoms with Gasteiger partial charge in [0.05, 0.1) is 13.2 Å². The smallest absolute Gasteiger partial charge is 0.118 e. The van der Waals surface area contributed by atoms with E-state index < -0.39 is 6.10 Å². The lowest BCUT2D eigenvalue weighted by molar-refractivity contribution is 0.146. The third-order valence-electron chi connectivity index (χ3n) is 3.74. The summed E-state index contributed by atoms with van der Waals surface area (Å²) in [5, 5.41) is 10.7. The van der Waals surface area contributed by atoms with E-state index in [1.54, 1.807) is 7.11 Å². The molecule has 4 heteroatoms. The molecule has 0 radical (unpaired) electrons. The number of hydrogen-bond acceptors (Lipinski definition) is 3. The van der Waals surface area contributed by atoms with Crippen LogP contribution in [0.4, 0.5) is 0 Å². The van der Waals surface area contributed by atoms with E-state index >= 15 is 0 Å². The van der Waals surface area contributed by atoms with Crippen LogP contribution >= 0.6 is 15.9 Å². The van der Waals surface area contributed by atoms with E-state index in [1.165, 1.54) is 0 Å². The Morgan fingerprint density at radius 1 is 1.19 bits per heavy atom. The number of aryl methyl sites for hydroxylation is 1. The second-order valence-electron chi connectivity index (χ2n) is 5.06. The molecule has 21 heavy (non-hydrogen) atoms. The molecule has 3 nitrogen and oxygen atoms in total. The number of benzene rings is 2. The molecule has 0 aromatic heterocycles. The van der Waals surface area contributed by atoms with Crippen molar-refractivity contribution < 1.29 is 9.84 Å². The fraction of sp³-hybridized carbons (Fsp3) is 0.294. The highest BCUT2D eigenvalue weighted by Crippen LogP contribution is 2.33. The van der Waals surface area contributed by atoms with Gasteiger partial charge < -0.3 is 15.6 Å². The first-order chi connectivity index (χ1) is 10.1. The molecule has 2 aromatic rings. The molecule has 0 aliphatic rings. The van der Waals surface area contributed by atoms with Crippen molar-refractivity contribution >= 4 is 15.9 Å². The molecule has 2 rings (SSSR count). The third kappa shape index (κ3) is 3.64. The number of rotatable bonds is 5. The maximum absolute atomic E-state index is 10.7. The third-order valence-corrected chi connectivity index (χ3v) is 4.23. The van der Waals surface area contributed by atoms with Crippen LogP contribution in [0.5, 0.6) is 5.75 Å². The average molecular weight is 350 g/mol. The Bertz CT molecular complexity index is 598. The number of ether oxygens (including phenoxy) is 1. The second-order valence-corrected chi connectivity index (χ2v) is 5.98. The van der Waals surface area contributed by atoms with Gasteiger partial charge in [0.15, 0.2) is 0 Å². The Labute approximate surface area is 133 Å². The van der Waals surface area contributed by atoms with Gasteiger partial charge in [-0.05, 0) is 47.9 Å². The van der Waals surface area contributed by atoms with Crippen molar-refractivity contribution in [1.82, 2.24) is 0 Å². The highest BCUT2D eigenvalue weighted by atomic mass is 79.9. The van der Waals surface area contributed by atoms with Gasteiger partial charge in [-0.25, -0.2) is 0 Å². The zero-order chi connectivity index (χ0) is 15.4. The lowest BCUT2D eigenvalue weighted by atomic mass is 9.87. The molecule has 0 saturated carbocycles. The maximum Gasteiger partial charge on any atom is 0.118 e. The van der Waals surface area contributed by atoms with Gasteiger partial charge in [-0.3, -0.25) is 0 Å². The Hall–Kier alpha value is -1.36. The van der Waals surface area contributed by atoms with Crippen molar-refractivity contribution in [2.45, 2.75) is 18.9 Å². The van der Waals surface area contributed by atoms with Crippen LogP contribution in [0, 0.1) is 6.92 Å². The first kappa shape index (κ1) is 16.0. The lowest BCUT2D eigenvalue weighted by Crippen LogP contribution is -2.20. The van der Waals surface area contributed by atoms with Crippen LogP contribution in [-0.2, 0) is 0 Å². The Kier molecular flexibility index (Phi) is 5.39. The fourth-order valence-corrected chi connectivity index (χ4v) is 2.82. The molecular weight excluding hydrogens is 330 g/mol. The van der Waals surface area contributed by atoms with Crippen molar-refractivity contribution in [1.29, 1.82) is 0 Å². The summed E-state index contributed by atoms with van der Waals surface area (Å²) in [5.41, 5.74) is 8.86. The number of aliphatic hydroxyl groups is 1. The zero-order valence-corrected chi connectivity index (χ0v) is 13.8. The van der Waals surface area contributed by atoms with Crippen molar-refractivity contribution in [2.24, 2.45) is 5.73 Å². The van der Waals surface area contributed by atoms with E-state index in [1.807, 2.05) is 49.4 Å². The van der Waals surface area contributed by atoms with Gasteiger partial charge in [0.25, 0.3) is 0 Å². The number of halogens is 1. The summed E-state index contributed by atoms with van der Waals surface area (Å²) in [6.07, 6.45) is -0.638. The molecule has 112 valence electrons. The molecule has 2 atom stereocenters. The molecule has 2 unspecified atom stereocenters. The SMILES string of the molecule is COc1ccc(C(CN)C(O)c2cc(Br)ccc2C)cc1. The molecule has 0 heterocycles. The summed E-state index contributed by atoms with van der Waals surface area (Å²) in [6, 6.07) is 13.6. The average Bonchev–Trinajstić information content (AvgIpc) is 2.51. The van der Waals surface area contributed by atoms with E-state index in [2.05, 4.69) is 15.9 Å². The number of aliphatic hydroxyl groups excluding tert-OH is 1. The van der Waals surface area contributed by atoms with Crippen molar-refractivity contribution in [2.75, 3.05) is 13.7 Å². The molecule has 0 aliphatic carbocycles. The van der Waals surface area contributed by atoms with Crippen molar-refractivity contribution in [3.05, 3.63) is 63.6 Å². The van der Waals surface area contributed by atoms with Crippen LogP contribution in [0.2, 0.25) is 0 Å². The Balaban J connectivity index is 2.33. The summed E-state index contributed by atoms with van der Waals surface area (Å²) in [6.45, 7) is 2.37. The quantitative estimate of drug-likeness (QED) is 0.867. The molecule has 0 fully saturated rings. The molecule has 0 amide bonds. The van der Waals surface area contributed by atoms with Gasteiger partial charge in [-0.15, -0.1) is 0 Å². The highest BCUT2D eigenvalue weighted by molar-refractivity contribution is 9.10. The monoisotopic (exact) mass is 349 g/mol. The van der Waals surface area contributed by atoms with E-state index in [4.69, 9.17) is 10.5 Å². The summed E-state index contributed by atoms with van der Waals surface area (Å²) in [4.78, 5) is 0. The molecule has 0 aliphatic heterocycles. The minimum Gasteiger partial charge on any atom is -0.497 e. The van der Waals surface area contributed by atoms with Crippen LogP contribution in [0.15, 0.2) is 46.9 Å². The molecule has 2 aromatic carbocycles. The van der Waals surface area contributed by atoms with E-state index in [0.717, 1.165) is 26.9 Å². The van der Waals surface area contributed by atoms with Crippen LogP contribution in [-0.4, -0.2) is 18.8 Å². The van der Waals surface area contributed by atoms with Gasteiger partial charge in [0, 0.05) is 16.9 Å². The van der Waals surface area contributed by atoms with Gasteiger partial charge in [0.2, 0.25) is 0 Å². The second kappa shape index (κ2) is 7.07. The molecule has 0 bridgehead atoms. The van der Waals surface area contributed by atoms with E-state index in [-0.39, 0.29) is 5.92 Å². The minimum atomic E-state index is -0.638. The van der Waals surface area contributed by atoms with Crippen LogP contribution in [0.3, 0.4) is 0 Å². The molecule has 3 N–H and O–H groups in total. The molecule has 0 saturated heterocycles. The number of nitrogens with two attached hydrogens (primary N) is 1. The topological polar surface area (TPSA) is 55.5 Å². The fourth-order valence-electron chi connectivity index (χ4n) is 2.45. The van der Waals surface area contributed by atoms with Gasteiger partial charge in [-0.2, -0.15) is 0 Å². The lowest BCUT2D eigenvalue weighted by Gasteiger charge is -2.24. The summed E-state index contributed by atoms with van der Waals surface area (Å²) in [7, 11) is 1.63. The summed E-state index contributed by atoms with van der Waals surface area (Å²) in [5.74, 6) is 0.645. The predicted octanol–water partition coefficient (Wildman–Crippen LogP) is 3.54. The highest BCUT2D eigenvalue weighted by Gasteiger charge is 2.23. The van der Waals surface area contributed by atoms with E-state index in [0.29, 0.717) is 6.54 Å². The Morgan fingerprint density at radius 3 is 2.43 bits per heavy atom. The largest absolute Gasteiger partial charge is 0.497 e. The molecular formula is C17H20BrNO2. The first-order valence-corrected chi connectivity index (χ1v) is 7.64. The first-order valence-electron chi connectivity index (χ1n) is 6.85. The van der Waals surface area contributed by atoms with Gasteiger partial charge in [0.1, 0.15) is 5.75 Å². The van der Waals surface area contributed by atoms with Crippen LogP contribution < -0.4 is 10.5 Å². The van der Waals surface area contributed by atoms with Gasteiger partial charge >= 0.3 is 0 Å². The number of methoxy groups -OCH3 is 1. The van der Waals surface area contributed by atoms with Crippen LogP contribution in [0.25, 0.3) is 0 Å². The molecule has 0 spiro atoms. The predicted molar refractivity (Wildman–Crippen MR) is 88.6 cm³/mol.